The van der Waals surface area contributed by atoms with Crippen LogP contribution in [0.3, 0.4) is 0 Å². The number of carbonyl (C=O) groups is 1. The van der Waals surface area contributed by atoms with Crippen LogP contribution in [-0.2, 0) is 4.79 Å². The zero-order valence-electron chi connectivity index (χ0n) is 11.3. The molecule has 17 heavy (non-hydrogen) atoms. The number of nitrogens with one attached hydrogen (secondary N) is 1. The lowest BCUT2D eigenvalue weighted by Crippen LogP contribution is -2.53. The van der Waals surface area contributed by atoms with Crippen molar-refractivity contribution in [3.05, 3.63) is 0 Å². The Kier molecular flexibility index (Phi) is 4.05. The highest BCUT2D eigenvalue weighted by Gasteiger charge is 2.33. The summed E-state index contributed by atoms with van der Waals surface area (Å²) >= 11 is 0. The second-order valence-corrected chi connectivity index (χ2v) is 5.66. The van der Waals surface area contributed by atoms with E-state index in [1.807, 2.05) is 0 Å². The first kappa shape index (κ1) is 12.8. The van der Waals surface area contributed by atoms with Gasteiger partial charge in [0.2, 0.25) is 5.91 Å². The van der Waals surface area contributed by atoms with Crippen molar-refractivity contribution in [2.45, 2.75) is 26.8 Å². The largest absolute Gasteiger partial charge is 0.341 e. The smallest absolute Gasteiger partial charge is 0.239 e. The molecule has 2 fully saturated rings. The third kappa shape index (κ3) is 2.80. The molecule has 0 aliphatic carbocycles. The predicted molar refractivity (Wildman–Crippen MR) is 68.8 cm³/mol. The van der Waals surface area contributed by atoms with Crippen LogP contribution in [0.4, 0.5) is 0 Å². The van der Waals surface area contributed by atoms with E-state index in [1.54, 1.807) is 0 Å². The number of piperazine rings is 1. The molecule has 2 rings (SSSR count). The molecule has 2 aliphatic heterocycles. The van der Waals surface area contributed by atoms with Gasteiger partial charge in [-0.1, -0.05) is 13.8 Å². The minimum Gasteiger partial charge on any atom is -0.341 e. The van der Waals surface area contributed by atoms with Crippen LogP contribution in [0.2, 0.25) is 0 Å². The van der Waals surface area contributed by atoms with Crippen molar-refractivity contribution in [2.24, 2.45) is 11.8 Å². The fourth-order valence-electron chi connectivity index (χ4n) is 2.80. The standard InChI is InChI=1S/C13H25N3O/c1-10-8-16(9-11(10)2)13(17)12(3)15-6-4-14-5-7-15/h10-12,14H,4-9H2,1-3H3. The first-order valence-electron chi connectivity index (χ1n) is 6.83. The van der Waals surface area contributed by atoms with Gasteiger partial charge in [0.25, 0.3) is 0 Å². The Morgan fingerprint density at radius 2 is 1.71 bits per heavy atom. The van der Waals surface area contributed by atoms with E-state index in [2.05, 4.69) is 35.9 Å². The fraction of sp³-hybridized carbons (Fsp3) is 0.923. The molecule has 0 aromatic carbocycles. The van der Waals surface area contributed by atoms with Gasteiger partial charge in [0.1, 0.15) is 0 Å². The Balaban J connectivity index is 1.90. The minimum absolute atomic E-state index is 0.0506. The van der Waals surface area contributed by atoms with Crippen LogP contribution >= 0.6 is 0 Å². The van der Waals surface area contributed by atoms with Crippen molar-refractivity contribution in [1.82, 2.24) is 15.1 Å². The number of carbonyl (C=O) groups excluding carboxylic acids is 1. The van der Waals surface area contributed by atoms with Gasteiger partial charge in [-0.3, -0.25) is 9.69 Å². The van der Waals surface area contributed by atoms with Gasteiger partial charge in [-0.25, -0.2) is 0 Å². The lowest BCUT2D eigenvalue weighted by molar-refractivity contribution is -0.135. The van der Waals surface area contributed by atoms with Gasteiger partial charge < -0.3 is 10.2 Å². The van der Waals surface area contributed by atoms with Crippen LogP contribution in [-0.4, -0.2) is 61.0 Å². The quantitative estimate of drug-likeness (QED) is 0.757. The van der Waals surface area contributed by atoms with Gasteiger partial charge in [-0.15, -0.1) is 0 Å². The first-order chi connectivity index (χ1) is 8.09. The summed E-state index contributed by atoms with van der Waals surface area (Å²) in [6, 6.07) is 0.0506. The Morgan fingerprint density at radius 1 is 1.18 bits per heavy atom. The monoisotopic (exact) mass is 239 g/mol. The van der Waals surface area contributed by atoms with E-state index in [-0.39, 0.29) is 6.04 Å². The van der Waals surface area contributed by atoms with Crippen molar-refractivity contribution in [2.75, 3.05) is 39.3 Å². The lowest BCUT2D eigenvalue weighted by atomic mass is 10.0. The summed E-state index contributed by atoms with van der Waals surface area (Å²) in [5.41, 5.74) is 0. The summed E-state index contributed by atoms with van der Waals surface area (Å²) in [5.74, 6) is 1.62. The number of hydrogen-bond acceptors (Lipinski definition) is 3. The van der Waals surface area contributed by atoms with Crippen molar-refractivity contribution in [3.8, 4) is 0 Å². The van der Waals surface area contributed by atoms with Gasteiger partial charge >= 0.3 is 0 Å². The molecule has 0 aromatic rings. The topological polar surface area (TPSA) is 35.6 Å². The summed E-state index contributed by atoms with van der Waals surface area (Å²) < 4.78 is 0. The Labute approximate surface area is 104 Å². The van der Waals surface area contributed by atoms with Crippen molar-refractivity contribution in [1.29, 1.82) is 0 Å². The molecule has 1 N–H and O–H groups in total. The maximum atomic E-state index is 12.4. The molecular formula is C13H25N3O. The number of rotatable bonds is 2. The Bertz CT molecular complexity index is 266. The van der Waals surface area contributed by atoms with Crippen LogP contribution in [0.25, 0.3) is 0 Å². The first-order valence-corrected chi connectivity index (χ1v) is 6.83. The van der Waals surface area contributed by atoms with E-state index in [0.29, 0.717) is 17.7 Å². The van der Waals surface area contributed by atoms with E-state index in [9.17, 15) is 4.79 Å². The molecule has 0 spiro atoms. The number of hydrogen-bond donors (Lipinski definition) is 1. The van der Waals surface area contributed by atoms with E-state index >= 15 is 0 Å². The highest BCUT2D eigenvalue weighted by Crippen LogP contribution is 2.23. The maximum absolute atomic E-state index is 12.4. The van der Waals surface area contributed by atoms with Gasteiger partial charge in [-0.05, 0) is 18.8 Å². The average molecular weight is 239 g/mol. The summed E-state index contributed by atoms with van der Waals surface area (Å²) in [6.45, 7) is 12.4. The minimum atomic E-state index is 0.0506. The molecule has 0 saturated carbocycles. The molecule has 98 valence electrons. The van der Waals surface area contributed by atoms with E-state index in [0.717, 1.165) is 39.3 Å². The highest BCUT2D eigenvalue weighted by atomic mass is 16.2. The normalized spacial score (nSPS) is 32.8. The molecule has 3 unspecified atom stereocenters. The van der Waals surface area contributed by atoms with Crippen LogP contribution in [0.1, 0.15) is 20.8 Å². The number of nitrogens with zero attached hydrogens (tertiary/aromatic N) is 2. The SMILES string of the molecule is CC1CN(C(=O)C(C)N2CCNCC2)CC1C. The predicted octanol–water partition coefficient (Wildman–Crippen LogP) is 0.395. The van der Waals surface area contributed by atoms with Gasteiger partial charge in [0.15, 0.2) is 0 Å². The number of amides is 1. The molecule has 0 bridgehead atoms. The lowest BCUT2D eigenvalue weighted by Gasteiger charge is -2.34. The third-order valence-electron chi connectivity index (χ3n) is 4.36. The second-order valence-electron chi connectivity index (χ2n) is 5.66. The second kappa shape index (κ2) is 5.36. The van der Waals surface area contributed by atoms with Crippen molar-refractivity contribution >= 4 is 5.91 Å². The third-order valence-corrected chi connectivity index (χ3v) is 4.36. The average Bonchev–Trinajstić information content (AvgIpc) is 2.69. The van der Waals surface area contributed by atoms with Crippen LogP contribution in [0.5, 0.6) is 0 Å². The zero-order valence-corrected chi connectivity index (χ0v) is 11.3. The molecule has 4 heteroatoms. The zero-order chi connectivity index (χ0) is 12.4. The molecular weight excluding hydrogens is 214 g/mol. The molecule has 2 heterocycles. The molecule has 3 atom stereocenters. The van der Waals surface area contributed by atoms with E-state index in [1.165, 1.54) is 0 Å². The summed E-state index contributed by atoms with van der Waals surface area (Å²) in [5, 5.41) is 3.33. The van der Waals surface area contributed by atoms with Gasteiger partial charge in [-0.2, -0.15) is 0 Å². The highest BCUT2D eigenvalue weighted by molar-refractivity contribution is 5.81. The van der Waals surface area contributed by atoms with Gasteiger partial charge in [0, 0.05) is 39.3 Å². The Morgan fingerprint density at radius 3 is 2.24 bits per heavy atom. The number of likely N-dealkylation sites (tertiary alicyclic amines) is 1. The molecule has 2 saturated heterocycles. The molecule has 0 aromatic heterocycles. The summed E-state index contributed by atoms with van der Waals surface area (Å²) in [7, 11) is 0. The van der Waals surface area contributed by atoms with E-state index < -0.39 is 0 Å². The fourth-order valence-corrected chi connectivity index (χ4v) is 2.80. The summed E-state index contributed by atoms with van der Waals surface area (Å²) in [6.07, 6.45) is 0. The maximum Gasteiger partial charge on any atom is 0.239 e. The van der Waals surface area contributed by atoms with Gasteiger partial charge in [0.05, 0.1) is 6.04 Å². The van der Waals surface area contributed by atoms with E-state index in [4.69, 9.17) is 0 Å². The summed E-state index contributed by atoms with van der Waals surface area (Å²) in [4.78, 5) is 16.8. The molecule has 4 nitrogen and oxygen atoms in total. The van der Waals surface area contributed by atoms with Crippen molar-refractivity contribution < 1.29 is 4.79 Å². The Hall–Kier alpha value is -0.610. The molecule has 2 aliphatic rings. The van der Waals surface area contributed by atoms with Crippen LogP contribution in [0.15, 0.2) is 0 Å². The van der Waals surface area contributed by atoms with Crippen LogP contribution in [0, 0.1) is 11.8 Å². The molecule has 0 radical (unpaired) electrons. The van der Waals surface area contributed by atoms with Crippen molar-refractivity contribution in [3.63, 3.8) is 0 Å². The molecule has 1 amide bonds. The van der Waals surface area contributed by atoms with Crippen LogP contribution < -0.4 is 5.32 Å².